The molecule has 0 amide bonds. The molecule has 1 aromatic heterocycles. The number of aryl methyl sites for hydroxylation is 1. The number of aliphatic carboxylic acids is 1. The van der Waals surface area contributed by atoms with Gasteiger partial charge in [0.25, 0.3) is 6.29 Å². The van der Waals surface area contributed by atoms with E-state index >= 15 is 0 Å². The summed E-state index contributed by atoms with van der Waals surface area (Å²) >= 11 is 5.83. The van der Waals surface area contributed by atoms with Crippen LogP contribution >= 0.6 is 19.8 Å². The van der Waals surface area contributed by atoms with E-state index in [9.17, 15) is 19.6 Å². The van der Waals surface area contributed by atoms with Crippen LogP contribution in [-0.2, 0) is 9.32 Å². The Morgan fingerprint density at radius 1 is 1.39 bits per heavy atom. The van der Waals surface area contributed by atoms with Crippen molar-refractivity contribution in [2.75, 3.05) is 0 Å². The fourth-order valence-electron chi connectivity index (χ4n) is 2.02. The topological polar surface area (TPSA) is 141 Å². The minimum atomic E-state index is -2.83. The predicted molar refractivity (Wildman–Crippen MR) is 98.4 cm³/mol. The summed E-state index contributed by atoms with van der Waals surface area (Å²) in [6.07, 6.45) is 0.141. The number of pyridine rings is 1. The first kappa shape index (κ1) is 21.7. The highest BCUT2D eigenvalue weighted by Crippen LogP contribution is 2.36. The van der Waals surface area contributed by atoms with Crippen molar-refractivity contribution < 1.29 is 34.0 Å². The van der Waals surface area contributed by atoms with Crippen LogP contribution in [0.4, 0.5) is 0 Å². The van der Waals surface area contributed by atoms with Crippen LogP contribution in [-0.4, -0.2) is 33.5 Å². The molecule has 3 atom stereocenters. The third-order valence-corrected chi connectivity index (χ3v) is 4.70. The van der Waals surface area contributed by atoms with E-state index in [1.807, 2.05) is 0 Å². The quantitative estimate of drug-likeness (QED) is 0.372. The number of carboxylic acid groups (broad SMARTS) is 1. The van der Waals surface area contributed by atoms with Gasteiger partial charge in [0.2, 0.25) is 0 Å². The van der Waals surface area contributed by atoms with Gasteiger partial charge in [-0.1, -0.05) is 16.3 Å². The number of ether oxygens (including phenoxy) is 1. The molecule has 0 radical (unpaired) electrons. The first-order valence-electron chi connectivity index (χ1n) is 7.86. The lowest BCUT2D eigenvalue weighted by Gasteiger charge is -2.18. The molecule has 3 unspecified atom stereocenters. The maximum Gasteiger partial charge on any atom is 0.346 e. The summed E-state index contributed by atoms with van der Waals surface area (Å²) in [7, 11) is -2.83. The third kappa shape index (κ3) is 5.46. The van der Waals surface area contributed by atoms with Crippen LogP contribution in [0, 0.1) is 6.92 Å². The summed E-state index contributed by atoms with van der Waals surface area (Å²) in [5.41, 5.74) is 0.0281. The number of carbonyl (C=O) groups excluding carboxylic acids is 1. The highest BCUT2D eigenvalue weighted by molar-refractivity contribution is 7.33. The molecule has 0 aliphatic carbocycles. The van der Waals surface area contributed by atoms with Crippen molar-refractivity contribution in [3.63, 3.8) is 0 Å². The van der Waals surface area contributed by atoms with E-state index in [0.717, 1.165) is 0 Å². The number of benzene rings is 1. The van der Waals surface area contributed by atoms with Gasteiger partial charge in [0.1, 0.15) is 11.5 Å². The second-order valence-corrected chi connectivity index (χ2v) is 6.91. The van der Waals surface area contributed by atoms with Crippen molar-refractivity contribution in [1.82, 2.24) is 4.98 Å². The minimum absolute atomic E-state index is 0.00502. The molecule has 0 saturated heterocycles. The van der Waals surface area contributed by atoms with Gasteiger partial charge < -0.3 is 19.8 Å². The van der Waals surface area contributed by atoms with Crippen molar-refractivity contribution >= 4 is 32.0 Å². The average Bonchev–Trinajstić information content (AvgIpc) is 2.64. The number of hydrogen-bond donors (Lipinski definition) is 2. The summed E-state index contributed by atoms with van der Waals surface area (Å²) in [5, 5.41) is 19.4. The molecule has 148 valence electrons. The molecule has 2 N–H and O–H groups in total. The Bertz CT molecular complexity index is 905. The molecule has 11 heteroatoms. The summed E-state index contributed by atoms with van der Waals surface area (Å²) in [6.45, 7) is 2.72. The number of carboxylic acids is 1. The Morgan fingerprint density at radius 2 is 2.04 bits per heavy atom. The van der Waals surface area contributed by atoms with Crippen molar-refractivity contribution in [2.24, 2.45) is 4.74 Å². The normalized spacial score (nSPS) is 13.6. The molecule has 2 aromatic rings. The highest BCUT2D eigenvalue weighted by atomic mass is 35.5. The van der Waals surface area contributed by atoms with E-state index in [4.69, 9.17) is 26.0 Å². The zero-order valence-corrected chi connectivity index (χ0v) is 16.4. The van der Waals surface area contributed by atoms with Crippen LogP contribution in [0.5, 0.6) is 11.5 Å². The molecular formula is C17H16ClN2O7P. The first-order valence-corrected chi connectivity index (χ1v) is 9.37. The molecule has 2 rings (SSSR count). The first-order chi connectivity index (χ1) is 13.2. The van der Waals surface area contributed by atoms with Crippen LogP contribution in [0.25, 0.3) is 0 Å². The number of nitrogens with zero attached hydrogens (tertiary/aromatic N) is 2. The van der Waals surface area contributed by atoms with Crippen molar-refractivity contribution in [3.05, 3.63) is 52.3 Å². The number of halogens is 1. The average molecular weight is 427 g/mol. The summed E-state index contributed by atoms with van der Waals surface area (Å²) in [5.74, 6) is -1.42. The van der Waals surface area contributed by atoms with E-state index in [1.54, 1.807) is 0 Å². The fourth-order valence-corrected chi connectivity index (χ4v) is 2.90. The molecule has 28 heavy (non-hydrogen) atoms. The smallest absolute Gasteiger partial charge is 0.346 e. The number of rotatable bonds is 8. The number of hydrogen-bond acceptors (Lipinski definition) is 8. The van der Waals surface area contributed by atoms with Gasteiger partial charge in [0.05, 0.1) is 16.8 Å². The van der Waals surface area contributed by atoms with Gasteiger partial charge in [-0.25, -0.2) is 4.79 Å². The standard InChI is InChI=1S/C17H16ClN2O7P/c1-9-15(22)14(8-21)13(7-19-9)17(26-12-5-3-11(18)4-6-12)27-28(25)20-10(2)16(23)24/h3-8,10,17,22H,1-2H3,(H,23,24). The molecule has 9 nitrogen and oxygen atoms in total. The maximum absolute atomic E-state index is 12.2. The molecule has 1 heterocycles. The van der Waals surface area contributed by atoms with Gasteiger partial charge in [-0.3, -0.25) is 9.78 Å². The second kappa shape index (κ2) is 9.57. The van der Waals surface area contributed by atoms with Gasteiger partial charge in [-0.2, -0.15) is 0 Å². The van der Waals surface area contributed by atoms with E-state index < -0.39 is 26.5 Å². The van der Waals surface area contributed by atoms with Crippen LogP contribution in [0.1, 0.15) is 34.8 Å². The van der Waals surface area contributed by atoms with Gasteiger partial charge in [0.15, 0.2) is 12.3 Å². The van der Waals surface area contributed by atoms with E-state index in [1.165, 1.54) is 44.3 Å². The van der Waals surface area contributed by atoms with Gasteiger partial charge in [0, 0.05) is 11.2 Å². The Hall–Kier alpha value is -2.58. The van der Waals surface area contributed by atoms with Crippen molar-refractivity contribution in [1.29, 1.82) is 0 Å². The SMILES string of the molecule is Cc1ncc(C(Oc2ccc(Cl)cc2)O[P+]([O-])=NC(C)C(=O)O)c(C=O)c1O. The Balaban J connectivity index is 2.44. The third-order valence-electron chi connectivity index (χ3n) is 3.55. The number of carbonyl (C=O) groups is 2. The van der Waals surface area contributed by atoms with Crippen LogP contribution in [0.3, 0.4) is 0 Å². The Labute approximate surface area is 166 Å². The lowest BCUT2D eigenvalue weighted by atomic mass is 10.1. The van der Waals surface area contributed by atoms with Crippen LogP contribution in [0.2, 0.25) is 5.02 Å². The Morgan fingerprint density at radius 3 is 2.61 bits per heavy atom. The largest absolute Gasteiger partial charge is 0.583 e. The zero-order valence-electron chi connectivity index (χ0n) is 14.8. The molecule has 0 aliphatic rings. The monoisotopic (exact) mass is 426 g/mol. The molecule has 0 saturated carbocycles. The van der Waals surface area contributed by atoms with Gasteiger partial charge >= 0.3 is 14.1 Å². The van der Waals surface area contributed by atoms with Crippen LogP contribution < -0.4 is 9.63 Å². The minimum Gasteiger partial charge on any atom is -0.583 e. The molecule has 0 spiro atoms. The lowest BCUT2D eigenvalue weighted by molar-refractivity contribution is -0.189. The fraction of sp³-hybridized carbons (Fsp3) is 0.235. The van der Waals surface area contributed by atoms with Crippen molar-refractivity contribution in [2.45, 2.75) is 26.2 Å². The lowest BCUT2D eigenvalue weighted by Crippen LogP contribution is -2.16. The van der Waals surface area contributed by atoms with Crippen LogP contribution in [0.15, 0.2) is 35.2 Å². The molecular weight excluding hydrogens is 411 g/mol. The molecule has 0 aliphatic heterocycles. The molecule has 0 bridgehead atoms. The zero-order chi connectivity index (χ0) is 20.8. The van der Waals surface area contributed by atoms with E-state index in [2.05, 4.69) is 9.73 Å². The number of aldehydes is 1. The summed E-state index contributed by atoms with van der Waals surface area (Å²) < 4.78 is 14.4. The highest BCUT2D eigenvalue weighted by Gasteiger charge is 2.28. The second-order valence-electron chi connectivity index (χ2n) is 5.56. The Kier molecular flexibility index (Phi) is 7.42. The van der Waals surface area contributed by atoms with Gasteiger partial charge in [-0.15, -0.1) is 4.52 Å². The predicted octanol–water partition coefficient (Wildman–Crippen LogP) is 2.98. The maximum atomic E-state index is 12.2. The molecule has 0 fully saturated rings. The summed E-state index contributed by atoms with van der Waals surface area (Å²) in [6, 6.07) is 4.80. The summed E-state index contributed by atoms with van der Waals surface area (Å²) in [4.78, 5) is 38.5. The van der Waals surface area contributed by atoms with Gasteiger partial charge in [-0.05, 0) is 38.1 Å². The van der Waals surface area contributed by atoms with E-state index in [0.29, 0.717) is 11.3 Å². The molecule has 1 aromatic carbocycles. The number of aromatic nitrogens is 1. The number of aromatic hydroxyl groups is 1. The van der Waals surface area contributed by atoms with E-state index in [-0.39, 0.29) is 28.3 Å². The van der Waals surface area contributed by atoms with Crippen molar-refractivity contribution in [3.8, 4) is 11.5 Å².